The van der Waals surface area contributed by atoms with Gasteiger partial charge in [-0.3, -0.25) is 0 Å². The first-order chi connectivity index (χ1) is 5.65. The maximum Gasteiger partial charge on any atom is 0.0548 e. The molecule has 0 unspecified atom stereocenters. The van der Waals surface area contributed by atoms with Crippen molar-refractivity contribution in [3.63, 3.8) is 0 Å². The van der Waals surface area contributed by atoms with Crippen LogP contribution in [-0.4, -0.2) is 0 Å². The normalized spacial score (nSPS) is 12.0. The topological polar surface area (TPSA) is 26.0 Å². The van der Waals surface area contributed by atoms with Gasteiger partial charge in [0.05, 0.1) is 5.02 Å². The molecular formula is C9H12BrCl2N. The second-order valence-corrected chi connectivity index (χ2v) is 3.95. The summed E-state index contributed by atoms with van der Waals surface area (Å²) in [4.78, 5) is 0. The highest BCUT2D eigenvalue weighted by molar-refractivity contribution is 9.10. The van der Waals surface area contributed by atoms with E-state index in [1.807, 2.05) is 18.2 Å². The van der Waals surface area contributed by atoms with Crippen molar-refractivity contribution in [1.82, 2.24) is 0 Å². The van der Waals surface area contributed by atoms with Crippen LogP contribution < -0.4 is 5.73 Å². The van der Waals surface area contributed by atoms with E-state index in [1.54, 1.807) is 0 Å². The third-order valence-corrected chi connectivity index (χ3v) is 3.03. The van der Waals surface area contributed by atoms with Gasteiger partial charge in [-0.2, -0.15) is 0 Å². The Hall–Kier alpha value is 0.240. The summed E-state index contributed by atoms with van der Waals surface area (Å²) in [6.07, 6.45) is 0.939. The Labute approximate surface area is 98.2 Å². The summed E-state index contributed by atoms with van der Waals surface area (Å²) in [5.74, 6) is 0. The molecule has 1 aromatic rings. The van der Waals surface area contributed by atoms with Crippen molar-refractivity contribution >= 4 is 39.9 Å². The second-order valence-electron chi connectivity index (χ2n) is 2.69. The second kappa shape index (κ2) is 5.86. The molecule has 74 valence electrons. The predicted molar refractivity (Wildman–Crippen MR) is 63.6 cm³/mol. The van der Waals surface area contributed by atoms with E-state index in [2.05, 4.69) is 22.9 Å². The van der Waals surface area contributed by atoms with Crippen LogP contribution in [0.25, 0.3) is 0 Å². The van der Waals surface area contributed by atoms with E-state index in [0.717, 1.165) is 21.5 Å². The molecular weight excluding hydrogens is 273 g/mol. The standard InChI is InChI=1S/C9H11BrClN.ClH/c1-2-9(12)6-3-4-8(11)7(10)5-6;/h3-5,9H,2,12H2,1H3;1H/t9-;/m1./s1. The van der Waals surface area contributed by atoms with Crippen LogP contribution in [0, 0.1) is 0 Å². The number of nitrogens with two attached hydrogens (primary N) is 1. The molecule has 1 atom stereocenters. The smallest absolute Gasteiger partial charge is 0.0548 e. The maximum atomic E-state index is 5.85. The minimum absolute atomic E-state index is 0. The van der Waals surface area contributed by atoms with E-state index in [9.17, 15) is 0 Å². The highest BCUT2D eigenvalue weighted by Gasteiger charge is 2.04. The monoisotopic (exact) mass is 283 g/mol. The SMILES string of the molecule is CC[C@@H](N)c1ccc(Cl)c(Br)c1.Cl. The molecule has 4 heteroatoms. The zero-order valence-corrected chi connectivity index (χ0v) is 10.4. The van der Waals surface area contributed by atoms with Crippen molar-refractivity contribution in [2.24, 2.45) is 5.73 Å². The third-order valence-electron chi connectivity index (χ3n) is 1.81. The Balaban J connectivity index is 0.00000144. The zero-order chi connectivity index (χ0) is 9.14. The van der Waals surface area contributed by atoms with E-state index in [1.165, 1.54) is 0 Å². The lowest BCUT2D eigenvalue weighted by molar-refractivity contribution is 0.698. The average Bonchev–Trinajstić information content (AvgIpc) is 2.08. The number of hydrogen-bond acceptors (Lipinski definition) is 1. The molecule has 0 aliphatic heterocycles. The van der Waals surface area contributed by atoms with E-state index >= 15 is 0 Å². The summed E-state index contributed by atoms with van der Waals surface area (Å²) in [6, 6.07) is 5.90. The van der Waals surface area contributed by atoms with Crippen LogP contribution in [0.2, 0.25) is 5.02 Å². The van der Waals surface area contributed by atoms with Gasteiger partial charge in [-0.1, -0.05) is 24.6 Å². The summed E-state index contributed by atoms with van der Waals surface area (Å²) < 4.78 is 0.908. The lowest BCUT2D eigenvalue weighted by Gasteiger charge is -2.09. The summed E-state index contributed by atoms with van der Waals surface area (Å²) >= 11 is 9.20. The van der Waals surface area contributed by atoms with Crippen molar-refractivity contribution in [2.75, 3.05) is 0 Å². The van der Waals surface area contributed by atoms with E-state index in [-0.39, 0.29) is 18.4 Å². The van der Waals surface area contributed by atoms with Gasteiger partial charge in [0, 0.05) is 10.5 Å². The molecule has 0 spiro atoms. The van der Waals surface area contributed by atoms with Crippen LogP contribution >= 0.6 is 39.9 Å². The molecule has 1 nitrogen and oxygen atoms in total. The van der Waals surface area contributed by atoms with E-state index in [4.69, 9.17) is 17.3 Å². The van der Waals surface area contributed by atoms with Crippen molar-refractivity contribution in [3.05, 3.63) is 33.3 Å². The molecule has 13 heavy (non-hydrogen) atoms. The van der Waals surface area contributed by atoms with Gasteiger partial charge in [-0.05, 0) is 40.0 Å². The number of halogens is 3. The van der Waals surface area contributed by atoms with Gasteiger partial charge in [0.25, 0.3) is 0 Å². The Morgan fingerprint density at radius 3 is 2.62 bits per heavy atom. The molecule has 0 amide bonds. The number of benzene rings is 1. The molecule has 1 aromatic carbocycles. The lowest BCUT2D eigenvalue weighted by Crippen LogP contribution is -2.08. The molecule has 0 bridgehead atoms. The van der Waals surface area contributed by atoms with E-state index in [0.29, 0.717) is 0 Å². The Morgan fingerprint density at radius 2 is 2.15 bits per heavy atom. The zero-order valence-electron chi connectivity index (χ0n) is 7.26. The summed E-state index contributed by atoms with van der Waals surface area (Å²) in [7, 11) is 0. The molecule has 0 saturated carbocycles. The molecule has 1 rings (SSSR count). The van der Waals surface area contributed by atoms with Gasteiger partial charge >= 0.3 is 0 Å². The molecule has 0 aliphatic rings. The first-order valence-electron chi connectivity index (χ1n) is 3.85. The van der Waals surface area contributed by atoms with Gasteiger partial charge in [0.2, 0.25) is 0 Å². The molecule has 2 N–H and O–H groups in total. The minimum atomic E-state index is 0. The summed E-state index contributed by atoms with van der Waals surface area (Å²) in [6.45, 7) is 2.06. The molecule has 0 aromatic heterocycles. The summed E-state index contributed by atoms with van der Waals surface area (Å²) in [5.41, 5.74) is 6.97. The van der Waals surface area contributed by atoms with Crippen molar-refractivity contribution in [1.29, 1.82) is 0 Å². The molecule has 0 radical (unpaired) electrons. The fraction of sp³-hybridized carbons (Fsp3) is 0.333. The molecule has 0 fully saturated rings. The van der Waals surface area contributed by atoms with Crippen molar-refractivity contribution in [3.8, 4) is 0 Å². The Bertz CT molecular complexity index is 278. The van der Waals surface area contributed by atoms with Gasteiger partial charge in [0.1, 0.15) is 0 Å². The minimum Gasteiger partial charge on any atom is -0.324 e. The van der Waals surface area contributed by atoms with Crippen molar-refractivity contribution < 1.29 is 0 Å². The Morgan fingerprint density at radius 1 is 1.54 bits per heavy atom. The Kier molecular flexibility index (Phi) is 5.97. The molecule has 0 heterocycles. The largest absolute Gasteiger partial charge is 0.324 e. The predicted octanol–water partition coefficient (Wildman–Crippen LogP) is 3.93. The highest BCUT2D eigenvalue weighted by atomic mass is 79.9. The average molecular weight is 285 g/mol. The van der Waals surface area contributed by atoms with Gasteiger partial charge < -0.3 is 5.73 Å². The van der Waals surface area contributed by atoms with E-state index < -0.39 is 0 Å². The summed E-state index contributed by atoms with van der Waals surface area (Å²) in [5, 5.41) is 0.724. The fourth-order valence-corrected chi connectivity index (χ4v) is 1.49. The van der Waals surface area contributed by atoms with Crippen LogP contribution in [0.1, 0.15) is 24.9 Å². The first kappa shape index (κ1) is 13.2. The maximum absolute atomic E-state index is 5.85. The van der Waals surface area contributed by atoms with Gasteiger partial charge in [0.15, 0.2) is 0 Å². The van der Waals surface area contributed by atoms with Crippen molar-refractivity contribution in [2.45, 2.75) is 19.4 Å². The van der Waals surface area contributed by atoms with Gasteiger partial charge in [-0.15, -0.1) is 12.4 Å². The van der Waals surface area contributed by atoms with Crippen LogP contribution in [0.15, 0.2) is 22.7 Å². The number of hydrogen-bond donors (Lipinski definition) is 1. The quantitative estimate of drug-likeness (QED) is 0.875. The van der Waals surface area contributed by atoms with Crippen LogP contribution in [0.5, 0.6) is 0 Å². The number of rotatable bonds is 2. The highest BCUT2D eigenvalue weighted by Crippen LogP contribution is 2.26. The van der Waals surface area contributed by atoms with Gasteiger partial charge in [-0.25, -0.2) is 0 Å². The van der Waals surface area contributed by atoms with Crippen LogP contribution in [0.4, 0.5) is 0 Å². The third kappa shape index (κ3) is 3.47. The molecule has 0 aliphatic carbocycles. The fourth-order valence-electron chi connectivity index (χ4n) is 0.979. The first-order valence-corrected chi connectivity index (χ1v) is 5.02. The lowest BCUT2D eigenvalue weighted by atomic mass is 10.1. The molecule has 0 saturated heterocycles. The van der Waals surface area contributed by atoms with Crippen LogP contribution in [0.3, 0.4) is 0 Å². The van der Waals surface area contributed by atoms with Crippen LogP contribution in [-0.2, 0) is 0 Å².